The maximum absolute atomic E-state index is 10.1. The number of aliphatic hydroxyl groups is 1. The fourth-order valence-corrected chi connectivity index (χ4v) is 3.54. The van der Waals surface area contributed by atoms with Crippen LogP contribution in [0.4, 0.5) is 0 Å². The highest BCUT2D eigenvalue weighted by Gasteiger charge is 2.26. The maximum Gasteiger partial charge on any atom is 0.0695 e. The molecule has 3 nitrogen and oxygen atoms in total. The molecule has 3 atom stereocenters. The van der Waals surface area contributed by atoms with E-state index in [4.69, 9.17) is 0 Å². The van der Waals surface area contributed by atoms with Gasteiger partial charge in [-0.3, -0.25) is 0 Å². The zero-order valence-corrected chi connectivity index (χ0v) is 14.6. The summed E-state index contributed by atoms with van der Waals surface area (Å²) in [6.07, 6.45) is 5.40. The van der Waals surface area contributed by atoms with Crippen molar-refractivity contribution >= 4 is 15.9 Å². The van der Waals surface area contributed by atoms with Gasteiger partial charge in [0.15, 0.2) is 0 Å². The van der Waals surface area contributed by atoms with Crippen LogP contribution in [-0.4, -0.2) is 42.8 Å². The first-order chi connectivity index (χ1) is 10.1. The van der Waals surface area contributed by atoms with Crippen molar-refractivity contribution in [1.82, 2.24) is 10.2 Å². The van der Waals surface area contributed by atoms with Gasteiger partial charge in [0.2, 0.25) is 0 Å². The highest BCUT2D eigenvalue weighted by molar-refractivity contribution is 9.10. The molecule has 1 saturated carbocycles. The van der Waals surface area contributed by atoms with Crippen molar-refractivity contribution < 1.29 is 5.11 Å². The van der Waals surface area contributed by atoms with Gasteiger partial charge in [-0.1, -0.05) is 40.9 Å². The molecule has 1 aromatic carbocycles. The van der Waals surface area contributed by atoms with E-state index < -0.39 is 0 Å². The summed E-state index contributed by atoms with van der Waals surface area (Å²) in [5.41, 5.74) is 1.32. The number of aliphatic hydroxyl groups excluding tert-OH is 1. The van der Waals surface area contributed by atoms with E-state index in [1.807, 2.05) is 7.05 Å². The van der Waals surface area contributed by atoms with Crippen molar-refractivity contribution in [3.63, 3.8) is 0 Å². The minimum absolute atomic E-state index is 0.149. The molecule has 0 radical (unpaired) electrons. The molecule has 0 bridgehead atoms. The number of hydrogen-bond acceptors (Lipinski definition) is 3. The average Bonchev–Trinajstić information content (AvgIpc) is 2.49. The van der Waals surface area contributed by atoms with Gasteiger partial charge in [0.1, 0.15) is 0 Å². The molecule has 0 saturated heterocycles. The first-order valence-electron chi connectivity index (χ1n) is 7.93. The summed E-state index contributed by atoms with van der Waals surface area (Å²) in [5, 5.41) is 13.5. The molecule has 4 heteroatoms. The minimum atomic E-state index is -0.149. The normalized spacial score (nSPS) is 24.2. The molecule has 0 spiro atoms. The third-order valence-corrected chi connectivity index (χ3v) is 5.18. The van der Waals surface area contributed by atoms with Crippen LogP contribution in [0.3, 0.4) is 0 Å². The smallest absolute Gasteiger partial charge is 0.0695 e. The van der Waals surface area contributed by atoms with E-state index in [1.54, 1.807) is 0 Å². The summed E-state index contributed by atoms with van der Waals surface area (Å²) in [7, 11) is 4.16. The van der Waals surface area contributed by atoms with Crippen molar-refractivity contribution in [3.8, 4) is 0 Å². The predicted octanol–water partition coefficient (Wildman–Crippen LogP) is 3.34. The number of halogens is 1. The SMILES string of the molecule is CNC(CCN(C)C1CCCCC1O)c1ccc(Br)cc1. The zero-order valence-electron chi connectivity index (χ0n) is 13.1. The topological polar surface area (TPSA) is 35.5 Å². The number of rotatable bonds is 6. The zero-order chi connectivity index (χ0) is 15.2. The van der Waals surface area contributed by atoms with Gasteiger partial charge in [-0.2, -0.15) is 0 Å². The molecular formula is C17H27BrN2O. The van der Waals surface area contributed by atoms with E-state index in [0.29, 0.717) is 12.1 Å². The van der Waals surface area contributed by atoms with Crippen LogP contribution in [0.15, 0.2) is 28.7 Å². The second-order valence-electron chi connectivity index (χ2n) is 6.08. The molecule has 1 aliphatic rings. The summed E-state index contributed by atoms with van der Waals surface area (Å²) in [4.78, 5) is 2.34. The quantitative estimate of drug-likeness (QED) is 0.822. The van der Waals surface area contributed by atoms with E-state index in [-0.39, 0.29) is 6.10 Å². The Balaban J connectivity index is 1.88. The standard InChI is InChI=1S/C17H27BrN2O/c1-19-15(13-7-9-14(18)10-8-13)11-12-20(2)16-5-3-4-6-17(16)21/h7-10,15-17,19,21H,3-6,11-12H2,1-2H3. The fourth-order valence-electron chi connectivity index (χ4n) is 3.28. The molecule has 1 aliphatic carbocycles. The Morgan fingerprint density at radius 3 is 2.57 bits per heavy atom. The van der Waals surface area contributed by atoms with E-state index in [0.717, 1.165) is 30.3 Å². The monoisotopic (exact) mass is 354 g/mol. The van der Waals surface area contributed by atoms with Crippen LogP contribution in [0.5, 0.6) is 0 Å². The second-order valence-corrected chi connectivity index (χ2v) is 7.00. The molecule has 3 unspecified atom stereocenters. The highest BCUT2D eigenvalue weighted by atomic mass is 79.9. The largest absolute Gasteiger partial charge is 0.391 e. The number of benzene rings is 1. The first-order valence-corrected chi connectivity index (χ1v) is 8.72. The third-order valence-electron chi connectivity index (χ3n) is 4.65. The molecule has 0 amide bonds. The molecule has 2 N–H and O–H groups in total. The Morgan fingerprint density at radius 2 is 1.95 bits per heavy atom. The van der Waals surface area contributed by atoms with Crippen LogP contribution < -0.4 is 5.32 Å². The van der Waals surface area contributed by atoms with Crippen LogP contribution in [0, 0.1) is 0 Å². The van der Waals surface area contributed by atoms with Crippen molar-refractivity contribution in [2.24, 2.45) is 0 Å². The Labute approximate surface area is 136 Å². The second kappa shape index (κ2) is 8.28. The molecule has 21 heavy (non-hydrogen) atoms. The number of likely N-dealkylation sites (N-methyl/N-ethyl adjacent to an activating group) is 1. The van der Waals surface area contributed by atoms with E-state index in [1.165, 1.54) is 18.4 Å². The number of nitrogens with one attached hydrogen (secondary N) is 1. The van der Waals surface area contributed by atoms with Crippen LogP contribution in [0.2, 0.25) is 0 Å². The lowest BCUT2D eigenvalue weighted by atomic mass is 9.91. The summed E-state index contributed by atoms with van der Waals surface area (Å²) in [5.74, 6) is 0. The fraction of sp³-hybridized carbons (Fsp3) is 0.647. The molecule has 118 valence electrons. The van der Waals surface area contributed by atoms with Gasteiger partial charge in [0.05, 0.1) is 6.10 Å². The van der Waals surface area contributed by atoms with Crippen molar-refractivity contribution in [3.05, 3.63) is 34.3 Å². The van der Waals surface area contributed by atoms with E-state index in [9.17, 15) is 5.11 Å². The van der Waals surface area contributed by atoms with E-state index >= 15 is 0 Å². The third kappa shape index (κ3) is 4.78. The van der Waals surface area contributed by atoms with Gasteiger partial charge >= 0.3 is 0 Å². The Kier molecular flexibility index (Phi) is 6.68. The van der Waals surface area contributed by atoms with Crippen molar-refractivity contribution in [2.45, 2.75) is 50.3 Å². The molecular weight excluding hydrogens is 328 g/mol. The highest BCUT2D eigenvalue weighted by Crippen LogP contribution is 2.24. The minimum Gasteiger partial charge on any atom is -0.391 e. The summed E-state index contributed by atoms with van der Waals surface area (Å²) < 4.78 is 1.11. The number of nitrogens with zero attached hydrogens (tertiary/aromatic N) is 1. The lowest BCUT2D eigenvalue weighted by molar-refractivity contribution is 0.0308. The van der Waals surface area contributed by atoms with Crippen molar-refractivity contribution in [1.29, 1.82) is 0 Å². The van der Waals surface area contributed by atoms with Crippen LogP contribution >= 0.6 is 15.9 Å². The van der Waals surface area contributed by atoms with Gasteiger partial charge in [0.25, 0.3) is 0 Å². The lowest BCUT2D eigenvalue weighted by Gasteiger charge is -2.35. The molecule has 2 rings (SSSR count). The molecule has 0 aliphatic heterocycles. The maximum atomic E-state index is 10.1. The van der Waals surface area contributed by atoms with Crippen LogP contribution in [0.25, 0.3) is 0 Å². The van der Waals surface area contributed by atoms with Gasteiger partial charge in [0, 0.05) is 23.1 Å². The summed E-state index contributed by atoms with van der Waals surface area (Å²) >= 11 is 3.48. The van der Waals surface area contributed by atoms with Crippen LogP contribution in [0.1, 0.15) is 43.7 Å². The predicted molar refractivity (Wildman–Crippen MR) is 91.5 cm³/mol. The van der Waals surface area contributed by atoms with Crippen molar-refractivity contribution in [2.75, 3.05) is 20.6 Å². The van der Waals surface area contributed by atoms with E-state index in [2.05, 4.69) is 57.5 Å². The average molecular weight is 355 g/mol. The Bertz CT molecular complexity index is 423. The lowest BCUT2D eigenvalue weighted by Crippen LogP contribution is -2.44. The van der Waals surface area contributed by atoms with Gasteiger partial charge in [-0.15, -0.1) is 0 Å². The first kappa shape index (κ1) is 16.9. The Hall–Kier alpha value is -0.420. The summed E-state index contributed by atoms with van der Waals surface area (Å²) in [6.45, 7) is 1.00. The van der Waals surface area contributed by atoms with Gasteiger partial charge in [-0.25, -0.2) is 0 Å². The summed E-state index contributed by atoms with van der Waals surface area (Å²) in [6, 6.07) is 9.21. The van der Waals surface area contributed by atoms with Crippen LogP contribution in [-0.2, 0) is 0 Å². The molecule has 0 heterocycles. The van der Waals surface area contributed by atoms with Gasteiger partial charge < -0.3 is 15.3 Å². The molecule has 0 aromatic heterocycles. The number of hydrogen-bond donors (Lipinski definition) is 2. The molecule has 1 fully saturated rings. The Morgan fingerprint density at radius 1 is 1.29 bits per heavy atom. The van der Waals surface area contributed by atoms with Gasteiger partial charge in [-0.05, 0) is 51.1 Å². The molecule has 1 aromatic rings.